The lowest BCUT2D eigenvalue weighted by atomic mass is 10.2. The van der Waals surface area contributed by atoms with Gasteiger partial charge in [0.25, 0.3) is 10.0 Å². The molecule has 8 nitrogen and oxygen atoms in total. The molecule has 2 amide bonds. The molecule has 1 unspecified atom stereocenters. The van der Waals surface area contributed by atoms with Crippen LogP contribution in [0.3, 0.4) is 0 Å². The van der Waals surface area contributed by atoms with Crippen molar-refractivity contribution >= 4 is 44.5 Å². The average Bonchev–Trinajstić information content (AvgIpc) is 3.13. The number of amidine groups is 1. The molecule has 1 saturated heterocycles. The van der Waals surface area contributed by atoms with E-state index in [1.54, 1.807) is 36.4 Å². The van der Waals surface area contributed by atoms with Gasteiger partial charge in [0.05, 0.1) is 11.5 Å². The number of unbranched alkanes of at least 4 members (excludes halogenated alkanes) is 3. The highest BCUT2D eigenvalue weighted by Gasteiger charge is 2.39. The Hall–Kier alpha value is -3.11. The smallest absolute Gasteiger partial charge is 0.284 e. The second kappa shape index (κ2) is 13.4. The molecular weight excluding hydrogens is 510 g/mol. The molecule has 2 aromatic rings. The Kier molecular flexibility index (Phi) is 10.3. The van der Waals surface area contributed by atoms with Crippen LogP contribution in [0.15, 0.2) is 70.5 Å². The number of carbonyl (C=O) groups is 2. The average molecular weight is 544 g/mol. The van der Waals surface area contributed by atoms with Crippen molar-refractivity contribution < 1.29 is 22.7 Å². The van der Waals surface area contributed by atoms with E-state index in [0.717, 1.165) is 35.9 Å². The van der Waals surface area contributed by atoms with Crippen LogP contribution < -0.4 is 10.1 Å². The van der Waals surface area contributed by atoms with Gasteiger partial charge in [0.2, 0.25) is 11.8 Å². The Morgan fingerprint density at radius 1 is 1.14 bits per heavy atom. The van der Waals surface area contributed by atoms with Crippen LogP contribution in [0.4, 0.5) is 5.69 Å². The van der Waals surface area contributed by atoms with E-state index in [2.05, 4.69) is 23.2 Å². The van der Waals surface area contributed by atoms with Crippen LogP contribution in [-0.2, 0) is 19.6 Å². The highest BCUT2D eigenvalue weighted by molar-refractivity contribution is 8.16. The second-order valence-corrected chi connectivity index (χ2v) is 11.5. The van der Waals surface area contributed by atoms with E-state index < -0.39 is 15.3 Å². The number of carbonyl (C=O) groups excluding carboxylic acids is 2. The molecule has 0 radical (unpaired) electrons. The summed E-state index contributed by atoms with van der Waals surface area (Å²) in [4.78, 5) is 26.9. The van der Waals surface area contributed by atoms with Gasteiger partial charge in [0.15, 0.2) is 5.17 Å². The number of aryl methyl sites for hydroxylation is 1. The van der Waals surface area contributed by atoms with Crippen molar-refractivity contribution in [2.45, 2.75) is 56.1 Å². The molecule has 1 fully saturated rings. The fourth-order valence-electron chi connectivity index (χ4n) is 3.61. The molecule has 10 heteroatoms. The van der Waals surface area contributed by atoms with E-state index in [4.69, 9.17) is 4.74 Å². The molecule has 198 valence electrons. The van der Waals surface area contributed by atoms with Gasteiger partial charge in [-0.05, 0) is 49.7 Å². The molecule has 0 bridgehead atoms. The number of hydrogen-bond acceptors (Lipinski definition) is 6. The second-order valence-electron chi connectivity index (χ2n) is 8.69. The van der Waals surface area contributed by atoms with E-state index in [1.807, 2.05) is 6.92 Å². The Balaban J connectivity index is 1.62. The van der Waals surface area contributed by atoms with Gasteiger partial charge in [0, 0.05) is 18.7 Å². The van der Waals surface area contributed by atoms with Crippen LogP contribution in [0, 0.1) is 6.92 Å². The SMILES string of the molecule is C=CCN1C(=O)C(CC(=O)Nc2ccc(OCCCCCC)cc2)S/C1=N/S(=O)(=O)c1ccc(C)cc1. The van der Waals surface area contributed by atoms with Gasteiger partial charge < -0.3 is 10.1 Å². The monoisotopic (exact) mass is 543 g/mol. The van der Waals surface area contributed by atoms with Crippen LogP contribution >= 0.6 is 11.8 Å². The summed E-state index contributed by atoms with van der Waals surface area (Å²) >= 11 is 0.966. The van der Waals surface area contributed by atoms with Crippen molar-refractivity contribution in [1.29, 1.82) is 0 Å². The predicted octanol–water partition coefficient (Wildman–Crippen LogP) is 5.16. The minimum absolute atomic E-state index is 0.0312. The Bertz CT molecular complexity index is 1230. The lowest BCUT2D eigenvalue weighted by Crippen LogP contribution is -2.33. The number of amides is 2. The lowest BCUT2D eigenvalue weighted by molar-refractivity contribution is -0.127. The van der Waals surface area contributed by atoms with Gasteiger partial charge >= 0.3 is 0 Å². The van der Waals surface area contributed by atoms with Crippen molar-refractivity contribution in [3.63, 3.8) is 0 Å². The quantitative estimate of drug-likeness (QED) is 0.276. The van der Waals surface area contributed by atoms with Gasteiger partial charge in [-0.25, -0.2) is 0 Å². The highest BCUT2D eigenvalue weighted by Crippen LogP contribution is 2.31. The maximum Gasteiger partial charge on any atom is 0.284 e. The number of nitrogens with one attached hydrogen (secondary N) is 1. The number of sulfonamides is 1. The fraction of sp³-hybridized carbons (Fsp3) is 0.370. The third-order valence-electron chi connectivity index (χ3n) is 5.62. The molecule has 37 heavy (non-hydrogen) atoms. The van der Waals surface area contributed by atoms with Crippen molar-refractivity contribution in [2.24, 2.45) is 4.40 Å². The highest BCUT2D eigenvalue weighted by atomic mass is 32.2. The van der Waals surface area contributed by atoms with Crippen molar-refractivity contribution in [3.05, 3.63) is 66.7 Å². The third kappa shape index (κ3) is 8.19. The zero-order valence-electron chi connectivity index (χ0n) is 21.2. The number of nitrogens with zero attached hydrogens (tertiary/aromatic N) is 2. The minimum atomic E-state index is -4.02. The summed E-state index contributed by atoms with van der Waals surface area (Å²) in [5.74, 6) is -0.0169. The zero-order valence-corrected chi connectivity index (χ0v) is 22.8. The topological polar surface area (TPSA) is 105 Å². The first-order valence-corrected chi connectivity index (χ1v) is 14.6. The predicted molar refractivity (Wildman–Crippen MR) is 148 cm³/mol. The van der Waals surface area contributed by atoms with Crippen molar-refractivity contribution in [2.75, 3.05) is 18.5 Å². The maximum atomic E-state index is 13.0. The number of anilines is 1. The molecule has 1 heterocycles. The summed E-state index contributed by atoms with van der Waals surface area (Å²) in [6, 6.07) is 13.4. The Labute approximate surface area is 223 Å². The number of hydrogen-bond donors (Lipinski definition) is 1. The molecule has 0 aliphatic carbocycles. The summed E-state index contributed by atoms with van der Waals surface area (Å²) in [5, 5.41) is 2.02. The van der Waals surface area contributed by atoms with Gasteiger partial charge in [0.1, 0.15) is 11.0 Å². The van der Waals surface area contributed by atoms with E-state index in [0.29, 0.717) is 12.3 Å². The molecule has 0 aromatic heterocycles. The molecule has 3 rings (SSSR count). The van der Waals surface area contributed by atoms with Gasteiger partial charge in [-0.15, -0.1) is 11.0 Å². The van der Waals surface area contributed by atoms with Gasteiger partial charge in [-0.3, -0.25) is 14.5 Å². The first-order chi connectivity index (χ1) is 17.7. The van der Waals surface area contributed by atoms with E-state index >= 15 is 0 Å². The summed E-state index contributed by atoms with van der Waals surface area (Å²) in [5.41, 5.74) is 1.50. The minimum Gasteiger partial charge on any atom is -0.494 e. The normalized spacial score (nSPS) is 16.7. The van der Waals surface area contributed by atoms with Crippen molar-refractivity contribution in [3.8, 4) is 5.75 Å². The van der Waals surface area contributed by atoms with Gasteiger partial charge in [-0.2, -0.15) is 8.42 Å². The molecule has 1 atom stereocenters. The number of ether oxygens (including phenoxy) is 1. The standard InChI is InChI=1S/C27H33N3O5S2/c1-4-6-7-8-18-35-22-13-11-21(12-14-22)28-25(31)19-24-26(32)30(17-5-2)27(36-24)29-37(33,34)23-15-9-20(3)10-16-23/h5,9-16,24H,2,4,6-8,17-19H2,1,3H3,(H,28,31)/b29-27+. The zero-order chi connectivity index (χ0) is 26.8. The molecule has 2 aromatic carbocycles. The molecular formula is C27H33N3O5S2. The van der Waals surface area contributed by atoms with Crippen LogP contribution in [-0.4, -0.2) is 48.7 Å². The molecule has 1 aliphatic rings. The molecule has 0 saturated carbocycles. The summed E-state index contributed by atoms with van der Waals surface area (Å²) in [6.07, 6.45) is 5.86. The molecule has 0 spiro atoms. The van der Waals surface area contributed by atoms with E-state index in [9.17, 15) is 18.0 Å². The number of thioether (sulfide) groups is 1. The number of benzene rings is 2. The maximum absolute atomic E-state index is 13.0. The van der Waals surface area contributed by atoms with Crippen LogP contribution in [0.2, 0.25) is 0 Å². The lowest BCUT2D eigenvalue weighted by Gasteiger charge is -2.13. The largest absolute Gasteiger partial charge is 0.494 e. The van der Waals surface area contributed by atoms with Gasteiger partial charge in [-0.1, -0.05) is 61.7 Å². The summed E-state index contributed by atoms with van der Waals surface area (Å²) < 4.78 is 35.3. The summed E-state index contributed by atoms with van der Waals surface area (Å²) in [6.45, 7) is 8.40. The molecule has 1 N–H and O–H groups in total. The summed E-state index contributed by atoms with van der Waals surface area (Å²) in [7, 11) is -4.02. The fourth-order valence-corrected chi connectivity index (χ4v) is 5.97. The first-order valence-electron chi connectivity index (χ1n) is 12.3. The van der Waals surface area contributed by atoms with E-state index in [1.165, 1.54) is 36.0 Å². The van der Waals surface area contributed by atoms with Crippen LogP contribution in [0.1, 0.15) is 44.6 Å². The molecule has 1 aliphatic heterocycles. The van der Waals surface area contributed by atoms with E-state index in [-0.39, 0.29) is 34.8 Å². The number of rotatable bonds is 13. The van der Waals surface area contributed by atoms with Crippen LogP contribution in [0.5, 0.6) is 5.75 Å². The Morgan fingerprint density at radius 3 is 2.49 bits per heavy atom. The van der Waals surface area contributed by atoms with Crippen molar-refractivity contribution in [1.82, 2.24) is 4.90 Å². The van der Waals surface area contributed by atoms with Crippen LogP contribution in [0.25, 0.3) is 0 Å². The first kappa shape index (κ1) is 28.5. The third-order valence-corrected chi connectivity index (χ3v) is 8.20. The Morgan fingerprint density at radius 2 is 1.84 bits per heavy atom.